The molecule has 0 aliphatic carbocycles. The van der Waals surface area contributed by atoms with Crippen LogP contribution < -0.4 is 11.1 Å². The molecule has 18 nitrogen and oxygen atoms in total. The second-order valence-corrected chi connectivity index (χ2v) is 14.3. The topological polar surface area (TPSA) is 273 Å². The number of nitrogens with two attached hydrogens (primary N) is 1. The van der Waals surface area contributed by atoms with E-state index in [9.17, 15) is 55.6 Å². The molecular formula is C22H22N6O12S3. The van der Waals surface area contributed by atoms with Gasteiger partial charge in [-0.15, -0.1) is 0 Å². The van der Waals surface area contributed by atoms with Crippen LogP contribution >= 0.6 is 0 Å². The number of hydrogen-bond donors (Lipinski definition) is 2. The van der Waals surface area contributed by atoms with Gasteiger partial charge in [0.25, 0.3) is 37.1 Å². The highest BCUT2D eigenvalue weighted by Crippen LogP contribution is 2.38. The Morgan fingerprint density at radius 1 is 0.651 bits per heavy atom. The molecule has 0 radical (unpaired) electrons. The summed E-state index contributed by atoms with van der Waals surface area (Å²) in [5.74, 6) is 0. The number of benzene rings is 3. The molecule has 3 N–H and O–H groups in total. The highest BCUT2D eigenvalue weighted by atomic mass is 32.3. The highest BCUT2D eigenvalue weighted by Gasteiger charge is 2.52. The number of nitro benzene ring substituents is 3. The standard InChI is InChI=1S/C22H22N6O12S3/c23-13-14-24-15-22(41(35,36)19-10-4-1-7-16(19)25(29)30)28(42(37,38)20-11-5-2-8-17(20)26(31)32)43(39,40)21-12-6-3-9-18(21)27(33)34/h1-12,22,24H,13-15,23H2. The number of sulfonamides is 2. The van der Waals surface area contributed by atoms with Crippen molar-refractivity contribution in [2.75, 3.05) is 19.6 Å². The summed E-state index contributed by atoms with van der Waals surface area (Å²) in [7, 11) is -17.1. The molecule has 1 atom stereocenters. The van der Waals surface area contributed by atoms with Gasteiger partial charge in [0.1, 0.15) is 4.90 Å². The first kappa shape index (κ1) is 33.1. The number of nitrogens with one attached hydrogen (secondary N) is 1. The van der Waals surface area contributed by atoms with Crippen molar-refractivity contribution in [1.29, 1.82) is 0 Å². The summed E-state index contributed by atoms with van der Waals surface area (Å²) in [6.07, 6.45) is 0. The van der Waals surface area contributed by atoms with Crippen LogP contribution in [0.1, 0.15) is 0 Å². The van der Waals surface area contributed by atoms with Gasteiger partial charge in [-0.05, 0) is 18.2 Å². The van der Waals surface area contributed by atoms with Crippen LogP contribution in [0.4, 0.5) is 17.1 Å². The van der Waals surface area contributed by atoms with Crippen LogP contribution in [-0.4, -0.2) is 68.7 Å². The largest absolute Gasteiger partial charge is 0.329 e. The van der Waals surface area contributed by atoms with Crippen LogP contribution in [0.3, 0.4) is 0 Å². The molecule has 0 aromatic heterocycles. The number of nitrogens with zero attached hydrogens (tertiary/aromatic N) is 4. The van der Waals surface area contributed by atoms with Crippen LogP contribution in [0.5, 0.6) is 0 Å². The van der Waals surface area contributed by atoms with Crippen LogP contribution in [0.15, 0.2) is 87.5 Å². The van der Waals surface area contributed by atoms with E-state index in [0.717, 1.165) is 48.5 Å². The molecule has 0 amide bonds. The second-order valence-electron chi connectivity index (χ2n) is 8.40. The van der Waals surface area contributed by atoms with E-state index in [1.165, 1.54) is 0 Å². The fraction of sp³-hybridized carbons (Fsp3) is 0.182. The fourth-order valence-electron chi connectivity index (χ4n) is 3.91. The molecule has 0 spiro atoms. The van der Waals surface area contributed by atoms with Gasteiger partial charge in [0.05, 0.1) is 14.8 Å². The predicted molar refractivity (Wildman–Crippen MR) is 148 cm³/mol. The maximum atomic E-state index is 14.2. The smallest absolute Gasteiger partial charge is 0.289 e. The van der Waals surface area contributed by atoms with Gasteiger partial charge in [-0.2, -0.15) is 0 Å². The van der Waals surface area contributed by atoms with Gasteiger partial charge in [0, 0.05) is 37.8 Å². The number of hydrogen-bond acceptors (Lipinski definition) is 14. The molecule has 0 bridgehead atoms. The highest BCUT2D eigenvalue weighted by molar-refractivity contribution is 8.05. The minimum atomic E-state index is -5.82. The average Bonchev–Trinajstić information content (AvgIpc) is 2.96. The van der Waals surface area contributed by atoms with Gasteiger partial charge < -0.3 is 11.1 Å². The van der Waals surface area contributed by atoms with E-state index in [0.29, 0.717) is 24.3 Å². The third-order valence-corrected chi connectivity index (χ3v) is 12.5. The van der Waals surface area contributed by atoms with Crippen LogP contribution in [0, 0.1) is 30.3 Å². The van der Waals surface area contributed by atoms with Crippen molar-refractivity contribution in [1.82, 2.24) is 9.03 Å². The van der Waals surface area contributed by atoms with Crippen molar-refractivity contribution in [2.45, 2.75) is 20.1 Å². The van der Waals surface area contributed by atoms with Gasteiger partial charge in [-0.1, -0.05) is 40.1 Å². The molecule has 1 unspecified atom stereocenters. The Balaban J connectivity index is 2.52. The third-order valence-electron chi connectivity index (χ3n) is 5.76. The minimum absolute atomic E-state index is 0.161. The van der Waals surface area contributed by atoms with Gasteiger partial charge in [-0.25, -0.2) is 25.3 Å². The fourth-order valence-corrected chi connectivity index (χ4v) is 10.8. The lowest BCUT2D eigenvalue weighted by Crippen LogP contribution is -2.53. The molecule has 3 aromatic carbocycles. The first-order valence-corrected chi connectivity index (χ1v) is 16.2. The van der Waals surface area contributed by atoms with Gasteiger partial charge in [0.2, 0.25) is 9.84 Å². The van der Waals surface area contributed by atoms with E-state index in [1.54, 1.807) is 0 Å². The SMILES string of the molecule is NCCNCC(N(S(=O)(=O)c1ccccc1[N+](=O)[O-])S(=O)(=O)c1ccccc1[N+](=O)[O-])S(=O)(=O)c1ccccc1[N+](=O)[O-]. The maximum absolute atomic E-state index is 14.2. The molecule has 230 valence electrons. The molecule has 0 saturated heterocycles. The van der Waals surface area contributed by atoms with E-state index in [1.807, 2.05) is 0 Å². The first-order valence-electron chi connectivity index (χ1n) is 11.7. The summed E-state index contributed by atoms with van der Waals surface area (Å²) in [6.45, 7) is -1.45. The Morgan fingerprint density at radius 3 is 1.37 bits per heavy atom. The molecular weight excluding hydrogens is 636 g/mol. The Kier molecular flexibility index (Phi) is 9.89. The van der Waals surface area contributed by atoms with Crippen molar-refractivity contribution in [3.63, 3.8) is 0 Å². The average molecular weight is 659 g/mol. The Hall–Kier alpha value is -4.41. The number of sulfone groups is 1. The molecule has 0 fully saturated rings. The monoisotopic (exact) mass is 658 g/mol. The summed E-state index contributed by atoms with van der Waals surface area (Å²) < 4.78 is 84.1. The van der Waals surface area contributed by atoms with Crippen LogP contribution in [-0.2, 0) is 29.9 Å². The van der Waals surface area contributed by atoms with E-state index in [-0.39, 0.29) is 13.1 Å². The van der Waals surface area contributed by atoms with E-state index >= 15 is 0 Å². The minimum Gasteiger partial charge on any atom is -0.329 e. The lowest BCUT2D eigenvalue weighted by atomic mass is 10.3. The lowest BCUT2D eigenvalue weighted by Gasteiger charge is -2.29. The molecule has 3 rings (SSSR count). The first-order chi connectivity index (χ1) is 20.1. The molecule has 0 aliphatic heterocycles. The second kappa shape index (κ2) is 12.8. The third kappa shape index (κ3) is 6.50. The van der Waals surface area contributed by atoms with Gasteiger partial charge >= 0.3 is 0 Å². The van der Waals surface area contributed by atoms with Crippen molar-refractivity contribution < 1.29 is 40.0 Å². The van der Waals surface area contributed by atoms with Crippen molar-refractivity contribution >= 4 is 46.9 Å². The van der Waals surface area contributed by atoms with Gasteiger partial charge in [0.15, 0.2) is 15.2 Å². The van der Waals surface area contributed by atoms with Crippen molar-refractivity contribution in [3.05, 3.63) is 103 Å². The lowest BCUT2D eigenvalue weighted by molar-refractivity contribution is -0.388. The Morgan fingerprint density at radius 2 is 1.00 bits per heavy atom. The molecule has 0 saturated carbocycles. The Bertz CT molecular complexity index is 1810. The summed E-state index contributed by atoms with van der Waals surface area (Å²) in [5.41, 5.74) is 2.09. The zero-order valence-corrected chi connectivity index (χ0v) is 24.1. The van der Waals surface area contributed by atoms with E-state index in [2.05, 4.69) is 5.32 Å². The zero-order valence-electron chi connectivity index (χ0n) is 21.6. The number of nitro groups is 3. The summed E-state index contributed by atoms with van der Waals surface area (Å²) in [5, 5.41) is 34.8. The zero-order chi connectivity index (χ0) is 32.2. The maximum Gasteiger partial charge on any atom is 0.289 e. The van der Waals surface area contributed by atoms with Crippen molar-refractivity contribution in [3.8, 4) is 0 Å². The molecule has 0 heterocycles. The summed E-state index contributed by atoms with van der Waals surface area (Å²) in [6, 6.07) is 10.5. The predicted octanol–water partition coefficient (Wildman–Crippen LogP) is 1.14. The normalized spacial score (nSPS) is 13.0. The quantitative estimate of drug-likeness (QED) is 0.140. The van der Waals surface area contributed by atoms with E-state index < -0.39 is 92.0 Å². The molecule has 0 aliphatic rings. The van der Waals surface area contributed by atoms with Crippen LogP contribution in [0.2, 0.25) is 0 Å². The molecule has 21 heteroatoms. The summed E-state index contributed by atoms with van der Waals surface area (Å²) >= 11 is 0. The number of rotatable bonds is 14. The Labute approximate surface area is 244 Å². The van der Waals surface area contributed by atoms with Gasteiger partial charge in [-0.3, -0.25) is 30.3 Å². The number of para-hydroxylation sites is 3. The molecule has 43 heavy (non-hydrogen) atoms. The van der Waals surface area contributed by atoms with Crippen LogP contribution in [0.25, 0.3) is 0 Å². The van der Waals surface area contributed by atoms with Crippen molar-refractivity contribution in [2.24, 2.45) is 5.73 Å². The van der Waals surface area contributed by atoms with E-state index in [4.69, 9.17) is 5.73 Å². The molecule has 3 aromatic rings. The summed E-state index contributed by atoms with van der Waals surface area (Å²) in [4.78, 5) is 28.1.